The van der Waals surface area contributed by atoms with Crippen molar-refractivity contribution in [2.75, 3.05) is 18.4 Å². The average molecular weight is 442 g/mol. The van der Waals surface area contributed by atoms with Crippen molar-refractivity contribution in [2.45, 2.75) is 43.5 Å². The maximum absolute atomic E-state index is 12.9. The van der Waals surface area contributed by atoms with Crippen LogP contribution in [-0.4, -0.2) is 43.7 Å². The summed E-state index contributed by atoms with van der Waals surface area (Å²) in [6.45, 7) is 2.04. The highest BCUT2D eigenvalue weighted by Crippen LogP contribution is 2.26. The molecule has 1 aliphatic heterocycles. The van der Waals surface area contributed by atoms with Gasteiger partial charge in [-0.1, -0.05) is 24.3 Å². The molecule has 7 nitrogen and oxygen atoms in total. The van der Waals surface area contributed by atoms with E-state index in [0.29, 0.717) is 31.6 Å². The summed E-state index contributed by atoms with van der Waals surface area (Å²) >= 11 is 0. The number of nitrogens with zero attached hydrogens (tertiary/aromatic N) is 1. The van der Waals surface area contributed by atoms with E-state index in [4.69, 9.17) is 0 Å². The Labute approximate surface area is 182 Å². The van der Waals surface area contributed by atoms with Gasteiger partial charge in [0.25, 0.3) is 0 Å². The molecule has 2 amide bonds. The third-order valence-electron chi connectivity index (χ3n) is 6.03. The van der Waals surface area contributed by atoms with Gasteiger partial charge in [0.05, 0.1) is 4.90 Å². The lowest BCUT2D eigenvalue weighted by molar-refractivity contribution is -0.126. The van der Waals surface area contributed by atoms with E-state index < -0.39 is 10.0 Å². The van der Waals surface area contributed by atoms with Gasteiger partial charge in [0, 0.05) is 37.7 Å². The molecule has 0 spiro atoms. The van der Waals surface area contributed by atoms with Crippen molar-refractivity contribution in [3.63, 3.8) is 0 Å². The van der Waals surface area contributed by atoms with Gasteiger partial charge < -0.3 is 10.6 Å². The Kier molecular flexibility index (Phi) is 6.11. The molecule has 4 rings (SSSR count). The van der Waals surface area contributed by atoms with Crippen LogP contribution < -0.4 is 10.6 Å². The number of anilines is 1. The van der Waals surface area contributed by atoms with Crippen LogP contribution in [0.5, 0.6) is 0 Å². The lowest BCUT2D eigenvalue weighted by Crippen LogP contribution is -2.45. The molecule has 1 heterocycles. The number of nitrogens with one attached hydrogen (secondary N) is 2. The summed E-state index contributed by atoms with van der Waals surface area (Å²) in [7, 11) is -3.63. The number of benzene rings is 2. The van der Waals surface area contributed by atoms with Crippen molar-refractivity contribution in [3.8, 4) is 0 Å². The van der Waals surface area contributed by atoms with Gasteiger partial charge in [-0.2, -0.15) is 4.31 Å². The number of hydrogen-bond donors (Lipinski definition) is 2. The Morgan fingerprint density at radius 3 is 2.06 bits per heavy atom. The van der Waals surface area contributed by atoms with Gasteiger partial charge >= 0.3 is 0 Å². The van der Waals surface area contributed by atoms with E-state index in [0.717, 1.165) is 12.8 Å². The molecule has 2 aliphatic rings. The molecule has 31 heavy (non-hydrogen) atoms. The van der Waals surface area contributed by atoms with Crippen LogP contribution in [-0.2, 0) is 32.5 Å². The highest BCUT2D eigenvalue weighted by atomic mass is 32.2. The van der Waals surface area contributed by atoms with E-state index in [1.165, 1.54) is 34.5 Å². The molecule has 1 aliphatic carbocycles. The van der Waals surface area contributed by atoms with Crippen LogP contribution in [0.25, 0.3) is 0 Å². The Morgan fingerprint density at radius 2 is 1.52 bits per heavy atom. The fourth-order valence-electron chi connectivity index (χ4n) is 4.40. The van der Waals surface area contributed by atoms with Crippen molar-refractivity contribution in [1.29, 1.82) is 0 Å². The fourth-order valence-corrected chi connectivity index (χ4v) is 5.87. The van der Waals surface area contributed by atoms with Crippen LogP contribution in [0.15, 0.2) is 53.4 Å². The zero-order valence-corrected chi connectivity index (χ0v) is 18.3. The zero-order valence-electron chi connectivity index (χ0n) is 17.5. The van der Waals surface area contributed by atoms with Gasteiger partial charge in [-0.25, -0.2) is 8.42 Å². The first-order valence-electron chi connectivity index (χ1n) is 10.6. The number of hydrogen-bond acceptors (Lipinski definition) is 4. The molecule has 2 aromatic rings. The van der Waals surface area contributed by atoms with E-state index >= 15 is 0 Å². The fraction of sp³-hybridized carbons (Fsp3) is 0.391. The molecule has 0 radical (unpaired) electrons. The molecular formula is C23H27N3O4S. The first-order valence-corrected chi connectivity index (χ1v) is 12.0. The molecule has 0 unspecified atom stereocenters. The molecule has 164 valence electrons. The highest BCUT2D eigenvalue weighted by molar-refractivity contribution is 7.89. The van der Waals surface area contributed by atoms with Crippen LogP contribution in [0, 0.1) is 5.92 Å². The number of sulfonamides is 1. The molecule has 2 aromatic carbocycles. The second-order valence-corrected chi connectivity index (χ2v) is 10.2. The molecule has 0 aromatic heterocycles. The summed E-state index contributed by atoms with van der Waals surface area (Å²) < 4.78 is 27.3. The number of piperidine rings is 1. The van der Waals surface area contributed by atoms with E-state index in [1.54, 1.807) is 12.1 Å². The predicted octanol–water partition coefficient (Wildman–Crippen LogP) is 2.33. The Hall–Kier alpha value is -2.71. The molecule has 1 fully saturated rings. The Balaban J connectivity index is 1.31. The maximum atomic E-state index is 12.9. The first-order chi connectivity index (χ1) is 14.8. The van der Waals surface area contributed by atoms with Crippen LogP contribution in [0.1, 0.15) is 30.9 Å². The smallest absolute Gasteiger partial charge is 0.243 e. The van der Waals surface area contributed by atoms with Gasteiger partial charge in [0.2, 0.25) is 21.8 Å². The van der Waals surface area contributed by atoms with E-state index in [2.05, 4.69) is 22.8 Å². The summed E-state index contributed by atoms with van der Waals surface area (Å²) in [4.78, 5) is 24.1. The van der Waals surface area contributed by atoms with E-state index in [-0.39, 0.29) is 28.7 Å². The van der Waals surface area contributed by atoms with Crippen LogP contribution in [0.2, 0.25) is 0 Å². The molecule has 8 heteroatoms. The molecule has 2 N–H and O–H groups in total. The topological polar surface area (TPSA) is 95.6 Å². The highest BCUT2D eigenvalue weighted by Gasteiger charge is 2.33. The van der Waals surface area contributed by atoms with Gasteiger partial charge in [-0.15, -0.1) is 0 Å². The van der Waals surface area contributed by atoms with Crippen LogP contribution in [0.4, 0.5) is 5.69 Å². The lowest BCUT2D eigenvalue weighted by atomic mass is 9.96. The Morgan fingerprint density at radius 1 is 0.935 bits per heavy atom. The average Bonchev–Trinajstić information content (AvgIpc) is 3.16. The minimum Gasteiger partial charge on any atom is -0.352 e. The van der Waals surface area contributed by atoms with Crippen molar-refractivity contribution < 1.29 is 18.0 Å². The second-order valence-electron chi connectivity index (χ2n) is 8.27. The van der Waals surface area contributed by atoms with Gasteiger partial charge in [0.1, 0.15) is 0 Å². The van der Waals surface area contributed by atoms with Gasteiger partial charge in [-0.05, 0) is 61.1 Å². The zero-order chi connectivity index (χ0) is 22.0. The summed E-state index contributed by atoms with van der Waals surface area (Å²) in [6.07, 6.45) is 2.72. The summed E-state index contributed by atoms with van der Waals surface area (Å²) in [5.74, 6) is -0.357. The van der Waals surface area contributed by atoms with Crippen molar-refractivity contribution in [3.05, 3.63) is 59.7 Å². The third kappa shape index (κ3) is 4.80. The number of amides is 2. The summed E-state index contributed by atoms with van der Waals surface area (Å²) in [5, 5.41) is 5.79. The molecular weight excluding hydrogens is 414 g/mol. The Bertz CT molecular complexity index is 1050. The normalized spacial score (nSPS) is 17.8. The van der Waals surface area contributed by atoms with E-state index in [1.807, 2.05) is 12.1 Å². The van der Waals surface area contributed by atoms with Crippen LogP contribution >= 0.6 is 0 Å². The second kappa shape index (κ2) is 8.80. The molecule has 0 atom stereocenters. The van der Waals surface area contributed by atoms with Crippen molar-refractivity contribution in [2.24, 2.45) is 5.92 Å². The van der Waals surface area contributed by atoms with E-state index in [9.17, 15) is 18.0 Å². The summed E-state index contributed by atoms with van der Waals surface area (Å²) in [6, 6.07) is 14.5. The number of rotatable bonds is 5. The monoisotopic (exact) mass is 441 g/mol. The minimum absolute atomic E-state index is 0.0227. The standard InChI is InChI=1S/C23H27N3O4S/c1-16(27)24-20-6-8-22(9-7-20)31(29,30)26-12-10-17(11-13-26)23(28)25-21-14-18-4-2-3-5-19(18)15-21/h2-9,17,21H,10-15H2,1H3,(H,24,27)(H,25,28). The third-order valence-corrected chi connectivity index (χ3v) is 7.95. The number of carbonyl (C=O) groups is 2. The predicted molar refractivity (Wildman–Crippen MR) is 118 cm³/mol. The molecule has 1 saturated heterocycles. The number of fused-ring (bicyclic) bond motifs is 1. The minimum atomic E-state index is -3.63. The van der Waals surface area contributed by atoms with Gasteiger partial charge in [-0.3, -0.25) is 9.59 Å². The quantitative estimate of drug-likeness (QED) is 0.744. The molecule has 0 saturated carbocycles. The van der Waals surface area contributed by atoms with Crippen molar-refractivity contribution >= 4 is 27.5 Å². The SMILES string of the molecule is CC(=O)Nc1ccc(S(=O)(=O)N2CCC(C(=O)NC3Cc4ccccc4C3)CC2)cc1. The largest absolute Gasteiger partial charge is 0.352 e. The maximum Gasteiger partial charge on any atom is 0.243 e. The first kappa shape index (κ1) is 21.5. The van der Waals surface area contributed by atoms with Gasteiger partial charge in [0.15, 0.2) is 0 Å². The van der Waals surface area contributed by atoms with Crippen LogP contribution in [0.3, 0.4) is 0 Å². The summed E-state index contributed by atoms with van der Waals surface area (Å²) in [5.41, 5.74) is 3.13. The molecule has 0 bridgehead atoms. The van der Waals surface area contributed by atoms with Crippen molar-refractivity contribution in [1.82, 2.24) is 9.62 Å². The number of carbonyl (C=O) groups excluding carboxylic acids is 2. The lowest BCUT2D eigenvalue weighted by Gasteiger charge is -2.31.